The second-order valence-corrected chi connectivity index (χ2v) is 5.96. The second-order valence-electron chi connectivity index (χ2n) is 5.96. The number of nitrogens with zero attached hydrogens (tertiary/aromatic N) is 1. The average Bonchev–Trinajstić information content (AvgIpc) is 3.11. The van der Waals surface area contributed by atoms with Gasteiger partial charge in [0.15, 0.2) is 0 Å². The second kappa shape index (κ2) is 5.41. The lowest BCUT2D eigenvalue weighted by Gasteiger charge is -2.36. The number of rotatable bonds is 5. The van der Waals surface area contributed by atoms with E-state index in [9.17, 15) is 0 Å². The van der Waals surface area contributed by atoms with Crippen molar-refractivity contribution in [3.63, 3.8) is 0 Å². The van der Waals surface area contributed by atoms with Crippen LogP contribution >= 0.6 is 0 Å². The van der Waals surface area contributed by atoms with E-state index >= 15 is 0 Å². The maximum atomic E-state index is 6.24. The van der Waals surface area contributed by atoms with Gasteiger partial charge in [0.1, 0.15) is 0 Å². The molecule has 1 aliphatic rings. The summed E-state index contributed by atoms with van der Waals surface area (Å²) in [4.78, 5) is 2.47. The Morgan fingerprint density at radius 3 is 2.44 bits per heavy atom. The Morgan fingerprint density at radius 1 is 1.28 bits per heavy atom. The third kappa shape index (κ3) is 2.93. The molecule has 0 aromatic heterocycles. The Hall–Kier alpha value is -0.860. The normalized spacial score (nSPS) is 20.8. The highest BCUT2D eigenvalue weighted by molar-refractivity contribution is 5.26. The first kappa shape index (κ1) is 13.6. The van der Waals surface area contributed by atoms with Gasteiger partial charge in [-0.3, -0.25) is 4.90 Å². The molecule has 0 heterocycles. The molecular weight excluding hydrogens is 220 g/mol. The van der Waals surface area contributed by atoms with Gasteiger partial charge in [0.2, 0.25) is 0 Å². The van der Waals surface area contributed by atoms with E-state index in [0.29, 0.717) is 12.1 Å². The van der Waals surface area contributed by atoms with Crippen molar-refractivity contribution < 1.29 is 0 Å². The minimum Gasteiger partial charge on any atom is -0.326 e. The molecule has 2 N–H and O–H groups in total. The number of likely N-dealkylation sites (N-methyl/N-ethyl adjacent to an activating group) is 1. The highest BCUT2D eigenvalue weighted by Crippen LogP contribution is 2.38. The van der Waals surface area contributed by atoms with Crippen LogP contribution in [0.1, 0.15) is 43.9 Å². The first-order valence-corrected chi connectivity index (χ1v) is 7.04. The van der Waals surface area contributed by atoms with Gasteiger partial charge >= 0.3 is 0 Å². The van der Waals surface area contributed by atoms with Crippen LogP contribution in [0.3, 0.4) is 0 Å². The zero-order chi connectivity index (χ0) is 13.3. The molecule has 2 heteroatoms. The molecule has 1 aromatic rings. The topological polar surface area (TPSA) is 29.3 Å². The SMILES string of the molecule is Cc1cccc(C(C(C)N)N(C)C(C)C2CC2)c1. The van der Waals surface area contributed by atoms with Crippen LogP contribution in [0.2, 0.25) is 0 Å². The molecular formula is C16H26N2. The summed E-state index contributed by atoms with van der Waals surface area (Å²) in [6.45, 7) is 6.60. The first-order chi connectivity index (χ1) is 8.50. The molecule has 100 valence electrons. The Labute approximate surface area is 111 Å². The van der Waals surface area contributed by atoms with E-state index in [1.54, 1.807) is 0 Å². The van der Waals surface area contributed by atoms with Crippen LogP contribution in [0.4, 0.5) is 0 Å². The summed E-state index contributed by atoms with van der Waals surface area (Å²) in [7, 11) is 2.22. The summed E-state index contributed by atoms with van der Waals surface area (Å²) in [6.07, 6.45) is 2.76. The van der Waals surface area contributed by atoms with E-state index in [0.717, 1.165) is 5.92 Å². The third-order valence-electron chi connectivity index (χ3n) is 4.27. The zero-order valence-corrected chi connectivity index (χ0v) is 12.1. The lowest BCUT2D eigenvalue weighted by Crippen LogP contribution is -2.42. The van der Waals surface area contributed by atoms with Crippen LogP contribution in [-0.4, -0.2) is 24.0 Å². The van der Waals surface area contributed by atoms with Crippen LogP contribution in [0.5, 0.6) is 0 Å². The van der Waals surface area contributed by atoms with Gasteiger partial charge in [0, 0.05) is 18.1 Å². The van der Waals surface area contributed by atoms with E-state index in [1.165, 1.54) is 24.0 Å². The molecule has 1 saturated carbocycles. The molecule has 1 aromatic carbocycles. The Bertz CT molecular complexity index is 396. The molecule has 0 spiro atoms. The number of benzene rings is 1. The minimum absolute atomic E-state index is 0.151. The molecule has 0 radical (unpaired) electrons. The van der Waals surface area contributed by atoms with E-state index in [-0.39, 0.29) is 6.04 Å². The number of aryl methyl sites for hydroxylation is 1. The van der Waals surface area contributed by atoms with Gasteiger partial charge in [0.25, 0.3) is 0 Å². The quantitative estimate of drug-likeness (QED) is 0.865. The molecule has 1 aliphatic carbocycles. The maximum absolute atomic E-state index is 6.24. The van der Waals surface area contributed by atoms with Gasteiger partial charge in [-0.2, -0.15) is 0 Å². The molecule has 3 atom stereocenters. The van der Waals surface area contributed by atoms with Gasteiger partial charge in [-0.25, -0.2) is 0 Å². The van der Waals surface area contributed by atoms with Gasteiger partial charge in [-0.15, -0.1) is 0 Å². The summed E-state index contributed by atoms with van der Waals surface area (Å²) < 4.78 is 0. The lowest BCUT2D eigenvalue weighted by atomic mass is 9.96. The number of hydrogen-bond acceptors (Lipinski definition) is 2. The van der Waals surface area contributed by atoms with Crippen molar-refractivity contribution >= 4 is 0 Å². The fraction of sp³-hybridized carbons (Fsp3) is 0.625. The van der Waals surface area contributed by atoms with E-state index < -0.39 is 0 Å². The van der Waals surface area contributed by atoms with E-state index in [2.05, 4.69) is 57.0 Å². The van der Waals surface area contributed by atoms with Crippen LogP contribution in [-0.2, 0) is 0 Å². The minimum atomic E-state index is 0.151. The molecule has 18 heavy (non-hydrogen) atoms. The predicted octanol–water partition coefficient (Wildman–Crippen LogP) is 3.11. The summed E-state index contributed by atoms with van der Waals surface area (Å²) in [5, 5.41) is 0. The average molecular weight is 246 g/mol. The molecule has 1 fully saturated rings. The number of nitrogens with two attached hydrogens (primary N) is 1. The van der Waals surface area contributed by atoms with Gasteiger partial charge in [-0.05, 0) is 52.1 Å². The van der Waals surface area contributed by atoms with Gasteiger partial charge in [-0.1, -0.05) is 29.8 Å². The van der Waals surface area contributed by atoms with Crippen molar-refractivity contribution in [3.05, 3.63) is 35.4 Å². The highest BCUT2D eigenvalue weighted by Gasteiger charge is 2.34. The largest absolute Gasteiger partial charge is 0.326 e. The van der Waals surface area contributed by atoms with Crippen molar-refractivity contribution in [2.45, 2.75) is 51.7 Å². The van der Waals surface area contributed by atoms with Crippen LogP contribution in [0.25, 0.3) is 0 Å². The molecule has 2 nitrogen and oxygen atoms in total. The number of hydrogen-bond donors (Lipinski definition) is 1. The summed E-state index contributed by atoms with van der Waals surface area (Å²) in [6, 6.07) is 9.85. The van der Waals surface area contributed by atoms with E-state index in [4.69, 9.17) is 5.73 Å². The zero-order valence-electron chi connectivity index (χ0n) is 12.1. The predicted molar refractivity (Wildman–Crippen MR) is 77.5 cm³/mol. The van der Waals surface area contributed by atoms with Crippen molar-refractivity contribution in [2.24, 2.45) is 11.7 Å². The molecule has 0 bridgehead atoms. The van der Waals surface area contributed by atoms with Gasteiger partial charge in [0.05, 0.1) is 0 Å². The highest BCUT2D eigenvalue weighted by atomic mass is 15.2. The molecule has 2 rings (SSSR count). The van der Waals surface area contributed by atoms with Crippen molar-refractivity contribution in [2.75, 3.05) is 7.05 Å². The summed E-state index contributed by atoms with van der Waals surface area (Å²) in [5.41, 5.74) is 8.89. The fourth-order valence-corrected chi connectivity index (χ4v) is 2.93. The Morgan fingerprint density at radius 2 is 1.94 bits per heavy atom. The van der Waals surface area contributed by atoms with Crippen molar-refractivity contribution in [3.8, 4) is 0 Å². The van der Waals surface area contributed by atoms with Gasteiger partial charge < -0.3 is 5.73 Å². The molecule has 3 unspecified atom stereocenters. The van der Waals surface area contributed by atoms with Crippen LogP contribution in [0.15, 0.2) is 24.3 Å². The lowest BCUT2D eigenvalue weighted by molar-refractivity contribution is 0.149. The molecule has 0 aliphatic heterocycles. The Kier molecular flexibility index (Phi) is 4.08. The smallest absolute Gasteiger partial charge is 0.0496 e. The maximum Gasteiger partial charge on any atom is 0.0496 e. The fourth-order valence-electron chi connectivity index (χ4n) is 2.93. The standard InChI is InChI=1S/C16H26N2/c1-11-6-5-7-15(10-11)16(12(2)17)18(4)13(3)14-8-9-14/h5-7,10,12-14,16H,8-9,17H2,1-4H3. The van der Waals surface area contributed by atoms with Crippen molar-refractivity contribution in [1.29, 1.82) is 0 Å². The monoisotopic (exact) mass is 246 g/mol. The summed E-state index contributed by atoms with van der Waals surface area (Å²) in [5.74, 6) is 0.876. The van der Waals surface area contributed by atoms with Crippen LogP contribution in [0, 0.1) is 12.8 Å². The Balaban J connectivity index is 2.21. The first-order valence-electron chi connectivity index (χ1n) is 7.04. The van der Waals surface area contributed by atoms with Crippen molar-refractivity contribution in [1.82, 2.24) is 4.90 Å². The van der Waals surface area contributed by atoms with E-state index in [1.807, 2.05) is 0 Å². The third-order valence-corrected chi connectivity index (χ3v) is 4.27. The summed E-state index contributed by atoms with van der Waals surface area (Å²) >= 11 is 0. The molecule has 0 saturated heterocycles. The van der Waals surface area contributed by atoms with Crippen LogP contribution < -0.4 is 5.73 Å². The molecule has 0 amide bonds.